The Bertz CT molecular complexity index is 720. The van der Waals surface area contributed by atoms with E-state index >= 15 is 0 Å². The van der Waals surface area contributed by atoms with Crippen molar-refractivity contribution in [2.24, 2.45) is 0 Å². The van der Waals surface area contributed by atoms with Gasteiger partial charge in [-0.05, 0) is 29.8 Å². The van der Waals surface area contributed by atoms with Gasteiger partial charge >= 0.3 is 0 Å². The maximum atomic E-state index is 12.9. The smallest absolute Gasteiger partial charge is 0.243 e. The standard InChI is InChI=1S/C16H20N2O4S/c1-21-11-10-18(13-14-6-8-17-9-7-14)23(19,20)16-5-3-4-15(12-16)22-2/h3-9,12H,10-11,13H2,1-2H3. The van der Waals surface area contributed by atoms with E-state index in [1.165, 1.54) is 17.5 Å². The summed E-state index contributed by atoms with van der Waals surface area (Å²) in [5.74, 6) is 0.502. The van der Waals surface area contributed by atoms with Crippen molar-refractivity contribution in [3.05, 3.63) is 54.4 Å². The molecule has 1 aromatic carbocycles. The molecule has 0 N–H and O–H groups in total. The summed E-state index contributed by atoms with van der Waals surface area (Å²) >= 11 is 0. The Balaban J connectivity index is 2.32. The third-order valence-electron chi connectivity index (χ3n) is 3.33. The van der Waals surface area contributed by atoms with Gasteiger partial charge in [0.2, 0.25) is 10.0 Å². The van der Waals surface area contributed by atoms with Crippen LogP contribution in [0.2, 0.25) is 0 Å². The number of hydrogen-bond acceptors (Lipinski definition) is 5. The zero-order valence-corrected chi connectivity index (χ0v) is 14.0. The van der Waals surface area contributed by atoms with Crippen LogP contribution in [-0.4, -0.2) is 45.1 Å². The van der Waals surface area contributed by atoms with Gasteiger partial charge in [0.15, 0.2) is 0 Å². The Labute approximate surface area is 136 Å². The average molecular weight is 336 g/mol. The molecule has 0 saturated carbocycles. The highest BCUT2D eigenvalue weighted by Crippen LogP contribution is 2.22. The number of nitrogens with zero attached hydrogens (tertiary/aromatic N) is 2. The van der Waals surface area contributed by atoms with Crippen molar-refractivity contribution < 1.29 is 17.9 Å². The van der Waals surface area contributed by atoms with Crippen LogP contribution in [0.25, 0.3) is 0 Å². The largest absolute Gasteiger partial charge is 0.497 e. The molecule has 0 bridgehead atoms. The second-order valence-corrected chi connectivity index (χ2v) is 6.80. The van der Waals surface area contributed by atoms with Gasteiger partial charge in [-0.2, -0.15) is 4.31 Å². The van der Waals surface area contributed by atoms with Crippen molar-refractivity contribution in [3.63, 3.8) is 0 Å². The fraction of sp³-hybridized carbons (Fsp3) is 0.312. The van der Waals surface area contributed by atoms with Crippen molar-refractivity contribution in [1.29, 1.82) is 0 Å². The Morgan fingerprint density at radius 1 is 1.13 bits per heavy atom. The first-order chi connectivity index (χ1) is 11.1. The van der Waals surface area contributed by atoms with Gasteiger partial charge in [0.05, 0.1) is 18.6 Å². The lowest BCUT2D eigenvalue weighted by Crippen LogP contribution is -2.33. The van der Waals surface area contributed by atoms with Gasteiger partial charge in [0.1, 0.15) is 5.75 Å². The highest BCUT2D eigenvalue weighted by Gasteiger charge is 2.24. The number of sulfonamides is 1. The molecule has 0 aliphatic carbocycles. The molecule has 0 unspecified atom stereocenters. The molecule has 2 rings (SSSR count). The molecule has 1 heterocycles. The molecule has 0 aliphatic heterocycles. The fourth-order valence-corrected chi connectivity index (χ4v) is 3.53. The van der Waals surface area contributed by atoms with Crippen molar-refractivity contribution in [1.82, 2.24) is 9.29 Å². The molecule has 7 heteroatoms. The minimum atomic E-state index is -3.65. The highest BCUT2D eigenvalue weighted by atomic mass is 32.2. The molecular formula is C16H20N2O4S. The Kier molecular flexibility index (Phi) is 6.09. The molecule has 23 heavy (non-hydrogen) atoms. The van der Waals surface area contributed by atoms with Crippen molar-refractivity contribution in [2.45, 2.75) is 11.4 Å². The minimum Gasteiger partial charge on any atom is -0.497 e. The van der Waals surface area contributed by atoms with Crippen LogP contribution in [0, 0.1) is 0 Å². The van der Waals surface area contributed by atoms with Gasteiger partial charge in [-0.15, -0.1) is 0 Å². The Hall–Kier alpha value is -1.96. The summed E-state index contributed by atoms with van der Waals surface area (Å²) < 4.78 is 37.4. The molecule has 0 amide bonds. The minimum absolute atomic E-state index is 0.196. The van der Waals surface area contributed by atoms with E-state index in [-0.39, 0.29) is 18.0 Å². The van der Waals surface area contributed by atoms with Gasteiger partial charge in [-0.25, -0.2) is 8.42 Å². The van der Waals surface area contributed by atoms with Crippen LogP contribution in [-0.2, 0) is 21.3 Å². The average Bonchev–Trinajstić information content (AvgIpc) is 2.59. The third kappa shape index (κ3) is 4.51. The molecule has 6 nitrogen and oxygen atoms in total. The number of aromatic nitrogens is 1. The summed E-state index contributed by atoms with van der Waals surface area (Å²) in [5.41, 5.74) is 0.863. The SMILES string of the molecule is COCCN(Cc1ccncc1)S(=O)(=O)c1cccc(OC)c1. The number of ether oxygens (including phenoxy) is 2. The summed E-state index contributed by atoms with van der Waals surface area (Å²) in [6.07, 6.45) is 3.28. The zero-order chi connectivity index (χ0) is 16.7. The van der Waals surface area contributed by atoms with E-state index in [1.54, 1.807) is 49.8 Å². The second-order valence-electron chi connectivity index (χ2n) is 4.87. The van der Waals surface area contributed by atoms with E-state index in [0.29, 0.717) is 12.4 Å². The number of methoxy groups -OCH3 is 2. The first kappa shape index (κ1) is 17.4. The van der Waals surface area contributed by atoms with E-state index in [9.17, 15) is 8.42 Å². The molecule has 0 spiro atoms. The van der Waals surface area contributed by atoms with Gasteiger partial charge in [0.25, 0.3) is 0 Å². The maximum Gasteiger partial charge on any atom is 0.243 e. The second kappa shape index (κ2) is 8.05. The van der Waals surface area contributed by atoms with Gasteiger partial charge in [0, 0.05) is 38.7 Å². The number of benzene rings is 1. The maximum absolute atomic E-state index is 12.9. The molecule has 124 valence electrons. The van der Waals surface area contributed by atoms with Crippen molar-refractivity contribution in [3.8, 4) is 5.75 Å². The molecule has 0 saturated heterocycles. The Morgan fingerprint density at radius 2 is 1.87 bits per heavy atom. The van der Waals surface area contributed by atoms with Gasteiger partial charge < -0.3 is 9.47 Å². The van der Waals surface area contributed by atoms with Gasteiger partial charge in [-0.3, -0.25) is 4.98 Å². The number of rotatable bonds is 8. The van der Waals surface area contributed by atoms with Crippen molar-refractivity contribution in [2.75, 3.05) is 27.4 Å². The van der Waals surface area contributed by atoms with E-state index in [4.69, 9.17) is 9.47 Å². The number of pyridine rings is 1. The van der Waals surface area contributed by atoms with Crippen LogP contribution in [0.5, 0.6) is 5.75 Å². The van der Waals surface area contributed by atoms with Crippen LogP contribution in [0.4, 0.5) is 0 Å². The van der Waals surface area contributed by atoms with Crippen LogP contribution in [0.1, 0.15) is 5.56 Å². The zero-order valence-electron chi connectivity index (χ0n) is 13.2. The first-order valence-electron chi connectivity index (χ1n) is 7.10. The lowest BCUT2D eigenvalue weighted by atomic mass is 10.3. The van der Waals surface area contributed by atoms with Gasteiger partial charge in [-0.1, -0.05) is 6.07 Å². The van der Waals surface area contributed by atoms with E-state index in [2.05, 4.69) is 4.98 Å². The number of hydrogen-bond donors (Lipinski definition) is 0. The predicted molar refractivity (Wildman–Crippen MR) is 86.7 cm³/mol. The van der Waals surface area contributed by atoms with E-state index in [1.807, 2.05) is 0 Å². The van der Waals surface area contributed by atoms with Crippen LogP contribution in [0.15, 0.2) is 53.7 Å². The quantitative estimate of drug-likeness (QED) is 0.737. The molecule has 0 atom stereocenters. The van der Waals surface area contributed by atoms with Crippen LogP contribution in [0.3, 0.4) is 0 Å². The predicted octanol–water partition coefficient (Wildman–Crippen LogP) is 1.93. The first-order valence-corrected chi connectivity index (χ1v) is 8.54. The molecule has 0 radical (unpaired) electrons. The topological polar surface area (TPSA) is 68.7 Å². The molecule has 0 aliphatic rings. The molecule has 1 aromatic heterocycles. The highest BCUT2D eigenvalue weighted by molar-refractivity contribution is 7.89. The molecular weight excluding hydrogens is 316 g/mol. The molecule has 0 fully saturated rings. The third-order valence-corrected chi connectivity index (χ3v) is 5.17. The summed E-state index contributed by atoms with van der Waals surface area (Å²) in [4.78, 5) is 4.14. The lowest BCUT2D eigenvalue weighted by molar-refractivity contribution is 0.177. The Morgan fingerprint density at radius 3 is 2.52 bits per heavy atom. The van der Waals surface area contributed by atoms with Crippen LogP contribution >= 0.6 is 0 Å². The lowest BCUT2D eigenvalue weighted by Gasteiger charge is -2.22. The summed E-state index contributed by atoms with van der Waals surface area (Å²) in [7, 11) is -0.601. The van der Waals surface area contributed by atoms with Crippen molar-refractivity contribution >= 4 is 10.0 Å². The summed E-state index contributed by atoms with van der Waals surface area (Å²) in [6, 6.07) is 10.0. The van der Waals surface area contributed by atoms with Crippen LogP contribution < -0.4 is 4.74 Å². The summed E-state index contributed by atoms with van der Waals surface area (Å²) in [6.45, 7) is 0.831. The fourth-order valence-electron chi connectivity index (χ4n) is 2.08. The molecule has 2 aromatic rings. The normalized spacial score (nSPS) is 11.6. The monoisotopic (exact) mass is 336 g/mol. The summed E-state index contributed by atoms with van der Waals surface area (Å²) in [5, 5.41) is 0. The van der Waals surface area contributed by atoms with E-state index in [0.717, 1.165) is 5.56 Å². The van der Waals surface area contributed by atoms with E-state index < -0.39 is 10.0 Å².